The van der Waals surface area contributed by atoms with Gasteiger partial charge in [-0.3, -0.25) is 4.79 Å². The molecule has 0 aliphatic carbocycles. The molecule has 1 aliphatic heterocycles. The molecule has 0 radical (unpaired) electrons. The number of nitrogens with one attached hydrogen (secondary N) is 1. The van der Waals surface area contributed by atoms with E-state index in [2.05, 4.69) is 5.32 Å². The molecule has 0 aromatic heterocycles. The van der Waals surface area contributed by atoms with Crippen LogP contribution in [0, 0.1) is 0 Å². The van der Waals surface area contributed by atoms with Gasteiger partial charge >= 0.3 is 0 Å². The highest BCUT2D eigenvalue weighted by molar-refractivity contribution is 7.89. The summed E-state index contributed by atoms with van der Waals surface area (Å²) in [5.41, 5.74) is -1.03. The van der Waals surface area contributed by atoms with Crippen LogP contribution in [0.5, 0.6) is 0 Å². The standard InChI is InChI=1S/C11H22N2O4S/c1-9(2)17-7-8-18(15,16)13-6-5-12-10(14)11(13,3)4/h9H,5-8H2,1-4H3,(H,12,14). The Hall–Kier alpha value is -0.660. The topological polar surface area (TPSA) is 75.7 Å². The van der Waals surface area contributed by atoms with E-state index >= 15 is 0 Å². The number of hydrogen-bond donors (Lipinski definition) is 1. The second kappa shape index (κ2) is 5.54. The van der Waals surface area contributed by atoms with Crippen LogP contribution in [0.25, 0.3) is 0 Å². The maximum absolute atomic E-state index is 12.2. The van der Waals surface area contributed by atoms with Crippen molar-refractivity contribution in [2.24, 2.45) is 0 Å². The van der Waals surface area contributed by atoms with Crippen LogP contribution in [-0.4, -0.2) is 55.7 Å². The van der Waals surface area contributed by atoms with Crippen LogP contribution in [0.3, 0.4) is 0 Å². The van der Waals surface area contributed by atoms with Crippen LogP contribution in [0.1, 0.15) is 27.7 Å². The van der Waals surface area contributed by atoms with Crippen molar-refractivity contribution in [1.29, 1.82) is 0 Å². The van der Waals surface area contributed by atoms with Crippen molar-refractivity contribution in [3.8, 4) is 0 Å². The molecule has 1 saturated heterocycles. The third-order valence-corrected chi connectivity index (χ3v) is 4.90. The molecule has 0 saturated carbocycles. The van der Waals surface area contributed by atoms with Gasteiger partial charge in [-0.1, -0.05) is 0 Å². The smallest absolute Gasteiger partial charge is 0.241 e. The highest BCUT2D eigenvalue weighted by atomic mass is 32.2. The summed E-state index contributed by atoms with van der Waals surface area (Å²) in [6, 6.07) is 0. The van der Waals surface area contributed by atoms with Gasteiger partial charge in [0.15, 0.2) is 0 Å². The van der Waals surface area contributed by atoms with E-state index in [1.54, 1.807) is 13.8 Å². The number of sulfonamides is 1. The number of ether oxygens (including phenoxy) is 1. The third kappa shape index (κ3) is 3.43. The molecule has 1 fully saturated rings. The first-order valence-corrected chi connectivity index (χ1v) is 7.69. The molecule has 1 N–H and O–H groups in total. The molecule has 0 aromatic rings. The molecule has 1 rings (SSSR count). The average molecular weight is 278 g/mol. The van der Waals surface area contributed by atoms with Crippen molar-refractivity contribution >= 4 is 15.9 Å². The Bertz CT molecular complexity index is 403. The maximum Gasteiger partial charge on any atom is 0.241 e. The molecule has 0 unspecified atom stereocenters. The van der Waals surface area contributed by atoms with E-state index in [1.165, 1.54) is 4.31 Å². The Labute approximate surface area is 109 Å². The van der Waals surface area contributed by atoms with Gasteiger partial charge in [-0.2, -0.15) is 4.31 Å². The van der Waals surface area contributed by atoms with Crippen molar-refractivity contribution in [1.82, 2.24) is 9.62 Å². The molecule has 6 nitrogen and oxygen atoms in total. The minimum atomic E-state index is -3.47. The van der Waals surface area contributed by atoms with Gasteiger partial charge in [0.1, 0.15) is 5.54 Å². The molecule has 0 aromatic carbocycles. The Balaban J connectivity index is 2.74. The van der Waals surface area contributed by atoms with E-state index < -0.39 is 15.6 Å². The van der Waals surface area contributed by atoms with Crippen LogP contribution in [0.4, 0.5) is 0 Å². The summed E-state index contributed by atoms with van der Waals surface area (Å²) in [6.45, 7) is 7.74. The minimum absolute atomic E-state index is 0.00198. The molecule has 1 aliphatic rings. The van der Waals surface area contributed by atoms with E-state index in [0.717, 1.165) is 0 Å². The number of nitrogens with zero attached hydrogens (tertiary/aromatic N) is 1. The summed E-state index contributed by atoms with van der Waals surface area (Å²) in [7, 11) is -3.47. The second-order valence-electron chi connectivity index (χ2n) is 5.12. The molecule has 0 bridgehead atoms. The van der Waals surface area contributed by atoms with Gasteiger partial charge in [0, 0.05) is 13.1 Å². The highest BCUT2D eigenvalue weighted by Gasteiger charge is 2.43. The maximum atomic E-state index is 12.2. The van der Waals surface area contributed by atoms with Gasteiger partial charge in [-0.25, -0.2) is 8.42 Å². The van der Waals surface area contributed by atoms with Crippen molar-refractivity contribution in [2.75, 3.05) is 25.4 Å². The number of hydrogen-bond acceptors (Lipinski definition) is 4. The Morgan fingerprint density at radius 1 is 1.44 bits per heavy atom. The van der Waals surface area contributed by atoms with Gasteiger partial charge in [0.05, 0.1) is 18.5 Å². The largest absolute Gasteiger partial charge is 0.378 e. The van der Waals surface area contributed by atoms with Crippen LogP contribution in [0.2, 0.25) is 0 Å². The summed E-state index contributed by atoms with van der Waals surface area (Å²) in [5.74, 6) is -0.357. The quantitative estimate of drug-likeness (QED) is 0.765. The fraction of sp³-hybridized carbons (Fsp3) is 0.909. The first-order valence-electron chi connectivity index (χ1n) is 6.08. The molecular formula is C11H22N2O4S. The van der Waals surface area contributed by atoms with Crippen LogP contribution in [-0.2, 0) is 19.6 Å². The molecule has 7 heteroatoms. The van der Waals surface area contributed by atoms with Gasteiger partial charge in [0.25, 0.3) is 0 Å². The Kier molecular flexibility index (Phi) is 4.74. The Morgan fingerprint density at radius 2 is 2.06 bits per heavy atom. The van der Waals surface area contributed by atoms with Crippen LogP contribution >= 0.6 is 0 Å². The first-order chi connectivity index (χ1) is 8.18. The lowest BCUT2D eigenvalue weighted by Crippen LogP contribution is -2.63. The third-order valence-electron chi connectivity index (χ3n) is 2.91. The van der Waals surface area contributed by atoms with Crippen LogP contribution in [0.15, 0.2) is 0 Å². The summed E-state index contributed by atoms with van der Waals surface area (Å²) in [4.78, 5) is 11.7. The second-order valence-corrected chi connectivity index (χ2v) is 7.14. The van der Waals surface area contributed by atoms with Crippen molar-refractivity contribution in [3.05, 3.63) is 0 Å². The van der Waals surface area contributed by atoms with Gasteiger partial charge < -0.3 is 10.1 Å². The number of carbonyl (C=O) groups is 1. The zero-order valence-corrected chi connectivity index (χ0v) is 12.2. The molecule has 0 atom stereocenters. The predicted molar refractivity (Wildman–Crippen MR) is 68.7 cm³/mol. The fourth-order valence-corrected chi connectivity index (χ4v) is 3.54. The highest BCUT2D eigenvalue weighted by Crippen LogP contribution is 2.21. The SMILES string of the molecule is CC(C)OCCS(=O)(=O)N1CCNC(=O)C1(C)C. The number of amides is 1. The zero-order valence-electron chi connectivity index (χ0n) is 11.4. The summed E-state index contributed by atoms with van der Waals surface area (Å²) < 4.78 is 30.9. The number of carbonyl (C=O) groups excluding carboxylic acids is 1. The predicted octanol–water partition coefficient (Wildman–Crippen LogP) is -0.0484. The summed E-state index contributed by atoms with van der Waals surface area (Å²) >= 11 is 0. The zero-order chi connectivity index (χ0) is 14.0. The van der Waals surface area contributed by atoms with Crippen molar-refractivity contribution < 1.29 is 17.9 Å². The number of piperazine rings is 1. The minimum Gasteiger partial charge on any atom is -0.378 e. The lowest BCUT2D eigenvalue weighted by Gasteiger charge is -2.39. The molecular weight excluding hydrogens is 256 g/mol. The summed E-state index contributed by atoms with van der Waals surface area (Å²) in [6.07, 6.45) is -0.00198. The van der Waals surface area contributed by atoms with E-state index in [0.29, 0.717) is 13.1 Å². The normalized spacial score (nSPS) is 21.1. The van der Waals surface area contributed by atoms with Crippen molar-refractivity contribution in [3.63, 3.8) is 0 Å². The summed E-state index contributed by atoms with van der Waals surface area (Å²) in [5, 5.41) is 2.67. The molecule has 1 heterocycles. The Morgan fingerprint density at radius 3 is 2.61 bits per heavy atom. The fourth-order valence-electron chi connectivity index (χ4n) is 1.87. The molecule has 106 valence electrons. The van der Waals surface area contributed by atoms with Gasteiger partial charge in [-0.05, 0) is 27.7 Å². The van der Waals surface area contributed by atoms with E-state index in [9.17, 15) is 13.2 Å². The van der Waals surface area contributed by atoms with Crippen LogP contribution < -0.4 is 5.32 Å². The lowest BCUT2D eigenvalue weighted by molar-refractivity contribution is -0.131. The average Bonchev–Trinajstić information content (AvgIpc) is 2.20. The van der Waals surface area contributed by atoms with E-state index in [1.807, 2.05) is 13.8 Å². The number of rotatable bonds is 5. The first kappa shape index (κ1) is 15.4. The van der Waals surface area contributed by atoms with Gasteiger partial charge in [0.2, 0.25) is 15.9 Å². The van der Waals surface area contributed by atoms with Gasteiger partial charge in [-0.15, -0.1) is 0 Å². The molecule has 1 amide bonds. The lowest BCUT2D eigenvalue weighted by atomic mass is 10.0. The molecule has 0 spiro atoms. The van der Waals surface area contributed by atoms with Crippen molar-refractivity contribution in [2.45, 2.75) is 39.3 Å². The van der Waals surface area contributed by atoms with E-state index in [-0.39, 0.29) is 24.4 Å². The molecule has 18 heavy (non-hydrogen) atoms. The monoisotopic (exact) mass is 278 g/mol. The van der Waals surface area contributed by atoms with E-state index in [4.69, 9.17) is 4.74 Å².